The standard InChI is InChI=1S/C21H24N2O4S/c1-15-8-9-20-18(13-15)6-4-12-23(20)21(25)10-11-22-28(26,27)19-7-3-5-17(14-19)16(2)24/h3,5,7-9,13-14,22H,4,6,10-12H2,1-2H3. The predicted molar refractivity (Wildman–Crippen MR) is 108 cm³/mol. The molecule has 1 amide bonds. The number of amides is 1. The number of aryl methyl sites for hydroxylation is 2. The lowest BCUT2D eigenvalue weighted by atomic mass is 9.99. The maximum absolute atomic E-state index is 12.7. The van der Waals surface area contributed by atoms with Crippen molar-refractivity contribution in [1.29, 1.82) is 0 Å². The van der Waals surface area contributed by atoms with E-state index in [0.29, 0.717) is 12.1 Å². The Hall–Kier alpha value is -2.51. The summed E-state index contributed by atoms with van der Waals surface area (Å²) in [4.78, 5) is 25.9. The first-order valence-corrected chi connectivity index (χ1v) is 10.8. The van der Waals surface area contributed by atoms with E-state index in [1.165, 1.54) is 25.1 Å². The van der Waals surface area contributed by atoms with Crippen LogP contribution in [0.2, 0.25) is 0 Å². The van der Waals surface area contributed by atoms with Gasteiger partial charge in [-0.2, -0.15) is 0 Å². The Morgan fingerprint density at radius 3 is 2.68 bits per heavy atom. The summed E-state index contributed by atoms with van der Waals surface area (Å²) < 4.78 is 27.4. The molecule has 7 heteroatoms. The lowest BCUT2D eigenvalue weighted by Gasteiger charge is -2.30. The van der Waals surface area contributed by atoms with Gasteiger partial charge in [0.1, 0.15) is 0 Å². The maximum atomic E-state index is 12.7. The molecule has 0 aromatic heterocycles. The number of anilines is 1. The van der Waals surface area contributed by atoms with E-state index in [0.717, 1.165) is 29.7 Å². The molecular weight excluding hydrogens is 376 g/mol. The van der Waals surface area contributed by atoms with Crippen LogP contribution in [-0.2, 0) is 21.2 Å². The highest BCUT2D eigenvalue weighted by atomic mass is 32.2. The number of nitrogens with one attached hydrogen (secondary N) is 1. The van der Waals surface area contributed by atoms with Crippen molar-refractivity contribution >= 4 is 27.4 Å². The number of fused-ring (bicyclic) bond motifs is 1. The van der Waals surface area contributed by atoms with Gasteiger partial charge in [-0.1, -0.05) is 29.8 Å². The van der Waals surface area contributed by atoms with Gasteiger partial charge in [0.2, 0.25) is 15.9 Å². The van der Waals surface area contributed by atoms with Crippen LogP contribution in [0.4, 0.5) is 5.69 Å². The van der Waals surface area contributed by atoms with Crippen molar-refractivity contribution in [1.82, 2.24) is 4.72 Å². The van der Waals surface area contributed by atoms with Crippen LogP contribution in [0.5, 0.6) is 0 Å². The highest BCUT2D eigenvalue weighted by Gasteiger charge is 2.23. The summed E-state index contributed by atoms with van der Waals surface area (Å²) in [5.74, 6) is -0.309. The first-order valence-electron chi connectivity index (χ1n) is 9.28. The average molecular weight is 401 g/mol. The monoisotopic (exact) mass is 400 g/mol. The van der Waals surface area contributed by atoms with E-state index in [2.05, 4.69) is 10.8 Å². The van der Waals surface area contributed by atoms with Gasteiger partial charge in [0.05, 0.1) is 4.90 Å². The molecule has 28 heavy (non-hydrogen) atoms. The molecule has 148 valence electrons. The molecule has 3 rings (SSSR count). The molecule has 2 aromatic carbocycles. The molecule has 0 saturated heterocycles. The third-order valence-electron chi connectivity index (χ3n) is 4.84. The third kappa shape index (κ3) is 4.48. The zero-order valence-corrected chi connectivity index (χ0v) is 16.9. The van der Waals surface area contributed by atoms with Crippen molar-refractivity contribution in [3.05, 3.63) is 59.2 Å². The summed E-state index contributed by atoms with van der Waals surface area (Å²) in [6.07, 6.45) is 1.91. The highest BCUT2D eigenvalue weighted by molar-refractivity contribution is 7.89. The normalized spacial score (nSPS) is 13.9. The van der Waals surface area contributed by atoms with E-state index >= 15 is 0 Å². The minimum absolute atomic E-state index is 0.00314. The highest BCUT2D eigenvalue weighted by Crippen LogP contribution is 2.28. The quantitative estimate of drug-likeness (QED) is 0.756. The SMILES string of the molecule is CC(=O)c1cccc(S(=O)(=O)NCCC(=O)N2CCCc3cc(C)ccc32)c1. The number of Topliss-reactive ketones (excluding diaryl/α,β-unsaturated/α-hetero) is 1. The Balaban J connectivity index is 1.65. The summed E-state index contributed by atoms with van der Waals surface area (Å²) >= 11 is 0. The lowest BCUT2D eigenvalue weighted by molar-refractivity contribution is -0.118. The third-order valence-corrected chi connectivity index (χ3v) is 6.30. The van der Waals surface area contributed by atoms with Crippen LogP contribution in [0.1, 0.15) is 41.3 Å². The van der Waals surface area contributed by atoms with Gasteiger partial charge in [-0.05, 0) is 50.5 Å². The molecule has 1 heterocycles. The van der Waals surface area contributed by atoms with Crippen LogP contribution in [-0.4, -0.2) is 33.2 Å². The van der Waals surface area contributed by atoms with Crippen molar-refractivity contribution in [2.24, 2.45) is 0 Å². The number of hydrogen-bond donors (Lipinski definition) is 1. The number of ketones is 1. The Labute approximate surface area is 165 Å². The topological polar surface area (TPSA) is 83.5 Å². The fourth-order valence-corrected chi connectivity index (χ4v) is 4.46. The van der Waals surface area contributed by atoms with Gasteiger partial charge >= 0.3 is 0 Å². The fourth-order valence-electron chi connectivity index (χ4n) is 3.38. The smallest absolute Gasteiger partial charge is 0.240 e. The number of sulfonamides is 1. The summed E-state index contributed by atoms with van der Waals surface area (Å²) in [5.41, 5.74) is 3.56. The van der Waals surface area contributed by atoms with E-state index < -0.39 is 10.0 Å². The van der Waals surface area contributed by atoms with Gasteiger partial charge in [-0.3, -0.25) is 9.59 Å². The summed E-state index contributed by atoms with van der Waals surface area (Å²) in [6, 6.07) is 11.9. The van der Waals surface area contributed by atoms with Gasteiger partial charge in [0.15, 0.2) is 5.78 Å². The van der Waals surface area contributed by atoms with E-state index in [9.17, 15) is 18.0 Å². The Morgan fingerprint density at radius 1 is 1.14 bits per heavy atom. The van der Waals surface area contributed by atoms with E-state index in [1.54, 1.807) is 11.0 Å². The second-order valence-electron chi connectivity index (χ2n) is 7.01. The van der Waals surface area contributed by atoms with Crippen LogP contribution in [0.15, 0.2) is 47.4 Å². The predicted octanol–water partition coefficient (Wildman–Crippen LogP) is 2.85. The van der Waals surface area contributed by atoms with Crippen LogP contribution in [0.3, 0.4) is 0 Å². The lowest BCUT2D eigenvalue weighted by Crippen LogP contribution is -2.37. The largest absolute Gasteiger partial charge is 0.312 e. The van der Waals surface area contributed by atoms with E-state index in [4.69, 9.17) is 0 Å². The first-order chi connectivity index (χ1) is 13.3. The van der Waals surface area contributed by atoms with Gasteiger partial charge in [-0.15, -0.1) is 0 Å². The van der Waals surface area contributed by atoms with E-state index in [-0.39, 0.29) is 29.6 Å². The zero-order valence-electron chi connectivity index (χ0n) is 16.1. The van der Waals surface area contributed by atoms with Crippen molar-refractivity contribution in [3.8, 4) is 0 Å². The van der Waals surface area contributed by atoms with E-state index in [1.807, 2.05) is 19.1 Å². The van der Waals surface area contributed by atoms with Crippen LogP contribution in [0.25, 0.3) is 0 Å². The minimum Gasteiger partial charge on any atom is -0.312 e. The molecular formula is C21H24N2O4S. The van der Waals surface area contributed by atoms with Gasteiger partial charge < -0.3 is 4.90 Å². The average Bonchev–Trinajstić information content (AvgIpc) is 2.67. The second kappa shape index (κ2) is 8.24. The molecule has 0 unspecified atom stereocenters. The molecule has 1 aliphatic heterocycles. The van der Waals surface area contributed by atoms with Gasteiger partial charge in [-0.25, -0.2) is 13.1 Å². The van der Waals surface area contributed by atoms with Gasteiger partial charge in [0, 0.05) is 30.8 Å². The molecule has 6 nitrogen and oxygen atoms in total. The van der Waals surface area contributed by atoms with Crippen LogP contribution >= 0.6 is 0 Å². The molecule has 0 radical (unpaired) electrons. The fraction of sp³-hybridized carbons (Fsp3) is 0.333. The molecule has 1 N–H and O–H groups in total. The number of benzene rings is 2. The molecule has 0 bridgehead atoms. The Bertz CT molecular complexity index is 1010. The molecule has 0 fully saturated rings. The Morgan fingerprint density at radius 2 is 1.93 bits per heavy atom. The van der Waals surface area contributed by atoms with Crippen molar-refractivity contribution in [2.75, 3.05) is 18.0 Å². The number of hydrogen-bond acceptors (Lipinski definition) is 4. The summed E-state index contributed by atoms with van der Waals surface area (Å²) in [7, 11) is -3.78. The number of rotatable bonds is 6. The second-order valence-corrected chi connectivity index (χ2v) is 8.78. The maximum Gasteiger partial charge on any atom is 0.240 e. The van der Waals surface area contributed by atoms with Crippen LogP contribution < -0.4 is 9.62 Å². The zero-order chi connectivity index (χ0) is 20.3. The minimum atomic E-state index is -3.78. The Kier molecular flexibility index (Phi) is 5.96. The van der Waals surface area contributed by atoms with Crippen molar-refractivity contribution in [2.45, 2.75) is 38.0 Å². The number of carbonyl (C=O) groups is 2. The molecule has 0 atom stereocenters. The molecule has 0 aliphatic carbocycles. The van der Waals surface area contributed by atoms with Crippen LogP contribution in [0, 0.1) is 6.92 Å². The number of carbonyl (C=O) groups excluding carboxylic acids is 2. The van der Waals surface area contributed by atoms with Crippen molar-refractivity contribution < 1.29 is 18.0 Å². The molecule has 0 saturated carbocycles. The first kappa shape index (κ1) is 20.2. The molecule has 0 spiro atoms. The van der Waals surface area contributed by atoms with Crippen molar-refractivity contribution in [3.63, 3.8) is 0 Å². The summed E-state index contributed by atoms with van der Waals surface area (Å²) in [5, 5.41) is 0. The number of nitrogens with zero attached hydrogens (tertiary/aromatic N) is 1. The molecule has 1 aliphatic rings. The molecule has 2 aromatic rings. The summed E-state index contributed by atoms with van der Waals surface area (Å²) in [6.45, 7) is 4.05. The van der Waals surface area contributed by atoms with Gasteiger partial charge in [0.25, 0.3) is 0 Å².